The van der Waals surface area contributed by atoms with E-state index in [-0.39, 0.29) is 17.7 Å². The third-order valence-corrected chi connectivity index (χ3v) is 4.54. The van der Waals surface area contributed by atoms with Gasteiger partial charge in [0.1, 0.15) is 0 Å². The first-order valence-electron chi connectivity index (χ1n) is 8.05. The van der Waals surface area contributed by atoms with Gasteiger partial charge in [0.15, 0.2) is 0 Å². The molecule has 0 aromatic heterocycles. The molecule has 1 saturated carbocycles. The Morgan fingerprint density at radius 2 is 1.68 bits per heavy atom. The second-order valence-corrected chi connectivity index (χ2v) is 6.20. The van der Waals surface area contributed by atoms with Crippen molar-refractivity contribution in [2.45, 2.75) is 31.7 Å². The highest BCUT2D eigenvalue weighted by atomic mass is 16.2. The predicted molar refractivity (Wildman–Crippen MR) is 85.8 cm³/mol. The summed E-state index contributed by atoms with van der Waals surface area (Å²) >= 11 is 0. The molecule has 0 unspecified atom stereocenters. The maximum Gasteiger partial charge on any atom is 0.253 e. The van der Waals surface area contributed by atoms with E-state index in [2.05, 4.69) is 10.6 Å². The van der Waals surface area contributed by atoms with Gasteiger partial charge in [-0.05, 0) is 57.0 Å². The Morgan fingerprint density at radius 3 is 2.23 bits per heavy atom. The molecule has 1 aliphatic carbocycles. The van der Waals surface area contributed by atoms with Gasteiger partial charge < -0.3 is 15.5 Å². The first kappa shape index (κ1) is 15.0. The third-order valence-electron chi connectivity index (χ3n) is 4.54. The van der Waals surface area contributed by atoms with E-state index < -0.39 is 0 Å². The number of likely N-dealkylation sites (tertiary alicyclic amines) is 1. The summed E-state index contributed by atoms with van der Waals surface area (Å²) in [4.78, 5) is 26.1. The molecular formula is C17H23N3O2. The fraction of sp³-hybridized carbons (Fsp3) is 0.529. The smallest absolute Gasteiger partial charge is 0.253 e. The second kappa shape index (κ2) is 6.48. The molecule has 1 saturated heterocycles. The quantitative estimate of drug-likeness (QED) is 0.892. The fourth-order valence-corrected chi connectivity index (χ4v) is 2.84. The van der Waals surface area contributed by atoms with Crippen LogP contribution in [0.5, 0.6) is 0 Å². The first-order valence-corrected chi connectivity index (χ1v) is 8.05. The van der Waals surface area contributed by atoms with E-state index in [9.17, 15) is 9.59 Å². The standard InChI is InChI=1S/C17H23N3O2/c1-18-14-8-10-20(11-9-14)17(22)13-4-6-15(7-5-13)19-16(21)12-2-3-12/h4-7,12,14,18H,2-3,8-11H2,1H3,(H,19,21). The van der Waals surface area contributed by atoms with Gasteiger partial charge in [-0.25, -0.2) is 0 Å². The van der Waals surface area contributed by atoms with Crippen LogP contribution < -0.4 is 10.6 Å². The first-order chi connectivity index (χ1) is 10.7. The monoisotopic (exact) mass is 301 g/mol. The molecule has 0 radical (unpaired) electrons. The van der Waals surface area contributed by atoms with Gasteiger partial charge in [-0.2, -0.15) is 0 Å². The molecule has 0 atom stereocenters. The van der Waals surface area contributed by atoms with Crippen LogP contribution in [-0.4, -0.2) is 42.9 Å². The van der Waals surface area contributed by atoms with E-state index in [1.165, 1.54) is 0 Å². The molecule has 2 aliphatic rings. The molecular weight excluding hydrogens is 278 g/mol. The predicted octanol–water partition coefficient (Wildman–Crippen LogP) is 1.86. The molecule has 0 spiro atoms. The molecule has 0 bridgehead atoms. The average molecular weight is 301 g/mol. The minimum atomic E-state index is 0.0784. The zero-order valence-electron chi connectivity index (χ0n) is 13.0. The van der Waals surface area contributed by atoms with Crippen molar-refractivity contribution in [3.8, 4) is 0 Å². The fourth-order valence-electron chi connectivity index (χ4n) is 2.84. The van der Waals surface area contributed by atoms with E-state index in [0.29, 0.717) is 11.6 Å². The molecule has 1 aliphatic heterocycles. The molecule has 2 amide bonds. The van der Waals surface area contributed by atoms with Crippen LogP contribution in [0.2, 0.25) is 0 Å². The SMILES string of the molecule is CNC1CCN(C(=O)c2ccc(NC(=O)C3CC3)cc2)CC1. The summed E-state index contributed by atoms with van der Waals surface area (Å²) in [5, 5.41) is 6.16. The third kappa shape index (κ3) is 3.47. The van der Waals surface area contributed by atoms with Gasteiger partial charge in [-0.15, -0.1) is 0 Å². The zero-order chi connectivity index (χ0) is 15.5. The van der Waals surface area contributed by atoms with Gasteiger partial charge in [0, 0.05) is 36.3 Å². The maximum absolute atomic E-state index is 12.5. The Morgan fingerprint density at radius 1 is 1.05 bits per heavy atom. The van der Waals surface area contributed by atoms with Crippen LogP contribution in [0.1, 0.15) is 36.0 Å². The molecule has 1 aromatic carbocycles. The summed E-state index contributed by atoms with van der Waals surface area (Å²) < 4.78 is 0. The van der Waals surface area contributed by atoms with E-state index in [4.69, 9.17) is 0 Å². The number of benzene rings is 1. The highest BCUT2D eigenvalue weighted by molar-refractivity contribution is 5.96. The molecule has 2 N–H and O–H groups in total. The molecule has 3 rings (SSSR count). The van der Waals surface area contributed by atoms with Crippen molar-refractivity contribution in [3.05, 3.63) is 29.8 Å². The lowest BCUT2D eigenvalue weighted by atomic mass is 10.0. The van der Waals surface area contributed by atoms with Gasteiger partial charge in [0.05, 0.1) is 0 Å². The Kier molecular flexibility index (Phi) is 4.43. The highest BCUT2D eigenvalue weighted by Crippen LogP contribution is 2.30. The molecule has 22 heavy (non-hydrogen) atoms. The van der Waals surface area contributed by atoms with Gasteiger partial charge >= 0.3 is 0 Å². The van der Waals surface area contributed by atoms with Gasteiger partial charge in [0.25, 0.3) is 5.91 Å². The number of hydrogen-bond acceptors (Lipinski definition) is 3. The summed E-state index contributed by atoms with van der Waals surface area (Å²) in [5.41, 5.74) is 1.45. The molecule has 2 fully saturated rings. The van der Waals surface area contributed by atoms with Crippen molar-refractivity contribution in [2.75, 3.05) is 25.5 Å². The van der Waals surface area contributed by atoms with Crippen LogP contribution in [0.4, 0.5) is 5.69 Å². The number of nitrogens with one attached hydrogen (secondary N) is 2. The second-order valence-electron chi connectivity index (χ2n) is 6.20. The number of nitrogens with zero attached hydrogens (tertiary/aromatic N) is 1. The summed E-state index contributed by atoms with van der Waals surface area (Å²) in [6, 6.07) is 7.75. The van der Waals surface area contributed by atoms with Crippen LogP contribution in [0.25, 0.3) is 0 Å². The van der Waals surface area contributed by atoms with Crippen molar-refractivity contribution in [3.63, 3.8) is 0 Å². The van der Waals surface area contributed by atoms with Crippen LogP contribution in [0.15, 0.2) is 24.3 Å². The molecule has 1 aromatic rings. The lowest BCUT2D eigenvalue weighted by Crippen LogP contribution is -2.43. The molecule has 5 heteroatoms. The lowest BCUT2D eigenvalue weighted by molar-refractivity contribution is -0.117. The number of piperidine rings is 1. The number of carbonyl (C=O) groups excluding carboxylic acids is 2. The number of carbonyl (C=O) groups is 2. The van der Waals surface area contributed by atoms with Crippen LogP contribution in [-0.2, 0) is 4.79 Å². The Bertz CT molecular complexity index is 544. The maximum atomic E-state index is 12.5. The van der Waals surface area contributed by atoms with Gasteiger partial charge in [-0.1, -0.05) is 0 Å². The minimum absolute atomic E-state index is 0.0784. The van der Waals surface area contributed by atoms with Crippen molar-refractivity contribution in [2.24, 2.45) is 5.92 Å². The number of anilines is 1. The molecule has 118 valence electrons. The molecule has 5 nitrogen and oxygen atoms in total. The van der Waals surface area contributed by atoms with Crippen LogP contribution in [0, 0.1) is 5.92 Å². The summed E-state index contributed by atoms with van der Waals surface area (Å²) in [6.45, 7) is 1.59. The van der Waals surface area contributed by atoms with Gasteiger partial charge in [-0.3, -0.25) is 9.59 Å². The average Bonchev–Trinajstić information content (AvgIpc) is 3.40. The van der Waals surface area contributed by atoms with E-state index in [0.717, 1.165) is 44.5 Å². The topological polar surface area (TPSA) is 61.4 Å². The normalized spacial score (nSPS) is 19.0. The summed E-state index contributed by atoms with van der Waals surface area (Å²) in [6.07, 6.45) is 3.98. The summed E-state index contributed by atoms with van der Waals surface area (Å²) in [7, 11) is 1.97. The zero-order valence-corrected chi connectivity index (χ0v) is 13.0. The lowest BCUT2D eigenvalue weighted by Gasteiger charge is -2.31. The number of amides is 2. The van der Waals surface area contributed by atoms with E-state index in [1.807, 2.05) is 24.1 Å². The van der Waals surface area contributed by atoms with Crippen molar-refractivity contribution >= 4 is 17.5 Å². The highest BCUT2D eigenvalue weighted by Gasteiger charge is 2.29. The molecule has 1 heterocycles. The number of hydrogen-bond donors (Lipinski definition) is 2. The van der Waals surface area contributed by atoms with Gasteiger partial charge in [0.2, 0.25) is 5.91 Å². The Balaban J connectivity index is 1.57. The van der Waals surface area contributed by atoms with E-state index >= 15 is 0 Å². The Labute approximate surface area is 131 Å². The van der Waals surface area contributed by atoms with Crippen molar-refractivity contribution in [1.29, 1.82) is 0 Å². The van der Waals surface area contributed by atoms with Crippen molar-refractivity contribution < 1.29 is 9.59 Å². The summed E-state index contributed by atoms with van der Waals surface area (Å²) in [5.74, 6) is 0.359. The van der Waals surface area contributed by atoms with Crippen LogP contribution >= 0.6 is 0 Å². The number of rotatable bonds is 4. The van der Waals surface area contributed by atoms with E-state index in [1.54, 1.807) is 12.1 Å². The van der Waals surface area contributed by atoms with Crippen molar-refractivity contribution in [1.82, 2.24) is 10.2 Å². The minimum Gasteiger partial charge on any atom is -0.339 e. The van der Waals surface area contributed by atoms with Crippen LogP contribution in [0.3, 0.4) is 0 Å². The largest absolute Gasteiger partial charge is 0.339 e. The Hall–Kier alpha value is -1.88.